The minimum absolute atomic E-state index is 0.111. The summed E-state index contributed by atoms with van der Waals surface area (Å²) < 4.78 is 25.1. The van der Waals surface area contributed by atoms with Gasteiger partial charge in [0.1, 0.15) is 7.60 Å². The Kier molecular flexibility index (Phi) is 36.1. The molecular formula is C41H86NO4PS. The monoisotopic (exact) mass is 720 g/mol. The van der Waals surface area contributed by atoms with Gasteiger partial charge in [0.25, 0.3) is 0 Å². The molecule has 5 nitrogen and oxygen atoms in total. The van der Waals surface area contributed by atoms with Crippen LogP contribution in [-0.4, -0.2) is 69.2 Å². The van der Waals surface area contributed by atoms with Gasteiger partial charge in [0.15, 0.2) is 0 Å². The third-order valence-electron chi connectivity index (χ3n) is 9.52. The van der Waals surface area contributed by atoms with Crippen LogP contribution in [0.25, 0.3) is 0 Å². The molecule has 0 heterocycles. The van der Waals surface area contributed by atoms with Gasteiger partial charge in [-0.3, -0.25) is 0 Å². The Balaban J connectivity index is 4.08. The highest BCUT2D eigenvalue weighted by molar-refractivity contribution is 7.99. The van der Waals surface area contributed by atoms with E-state index in [1.54, 1.807) is 0 Å². The first-order valence-electron chi connectivity index (χ1n) is 21.1. The normalized spacial score (nSPS) is 14.0. The molecule has 48 heavy (non-hydrogen) atoms. The molecule has 0 saturated heterocycles. The molecule has 0 aromatic rings. The number of thioether (sulfide) groups is 1. The molecule has 7 heteroatoms. The predicted molar refractivity (Wildman–Crippen MR) is 214 cm³/mol. The molecule has 0 spiro atoms. The smallest absolute Gasteiger partial charge is 0.135 e. The van der Waals surface area contributed by atoms with Crippen LogP contribution in [0.2, 0.25) is 0 Å². The molecule has 0 aliphatic carbocycles. The first-order valence-corrected chi connectivity index (χ1v) is 24.0. The molecule has 0 aromatic heterocycles. The van der Waals surface area contributed by atoms with E-state index in [4.69, 9.17) is 9.26 Å². The molecule has 0 rings (SSSR count). The largest absolute Gasteiger partial charge is 0.778 e. The molecule has 0 N–H and O–H groups in total. The minimum Gasteiger partial charge on any atom is -0.778 e. The summed E-state index contributed by atoms with van der Waals surface area (Å²) >= 11 is 1.91. The van der Waals surface area contributed by atoms with Crippen molar-refractivity contribution < 1.29 is 23.2 Å². The summed E-state index contributed by atoms with van der Waals surface area (Å²) in [5.74, 6) is 1.94. The standard InChI is InChI=1S/C41H86NO4PS/c1-6-8-10-12-14-16-18-20-22-24-26-28-30-32-36-45-41(39-46-47(43,44)37-34-35-42(3,4)5)40-48-38-33-31-29-27-25-23-21-19-17-15-13-11-9-7-2/h41H,6-40H2,1-5H3. The second-order valence-electron chi connectivity index (χ2n) is 15.8. The number of nitrogens with zero attached hydrogens (tertiary/aromatic N) is 1. The lowest BCUT2D eigenvalue weighted by Crippen LogP contribution is -2.36. The van der Waals surface area contributed by atoms with E-state index in [-0.39, 0.29) is 18.9 Å². The van der Waals surface area contributed by atoms with Crippen molar-refractivity contribution in [2.75, 3.05) is 58.6 Å². The lowest BCUT2D eigenvalue weighted by molar-refractivity contribution is -0.870. The maximum absolute atomic E-state index is 12.6. The lowest BCUT2D eigenvalue weighted by atomic mass is 10.0. The topological polar surface area (TPSA) is 58.6 Å². The van der Waals surface area contributed by atoms with Gasteiger partial charge in [-0.15, -0.1) is 0 Å². The van der Waals surface area contributed by atoms with Gasteiger partial charge in [0, 0.05) is 24.9 Å². The zero-order valence-electron chi connectivity index (χ0n) is 33.3. The van der Waals surface area contributed by atoms with Crippen LogP contribution in [0.15, 0.2) is 0 Å². The lowest BCUT2D eigenvalue weighted by Gasteiger charge is -2.28. The highest BCUT2D eigenvalue weighted by Gasteiger charge is 2.17. The first kappa shape index (κ1) is 48.4. The van der Waals surface area contributed by atoms with Crippen LogP contribution in [0.5, 0.6) is 0 Å². The Morgan fingerprint density at radius 3 is 1.33 bits per heavy atom. The summed E-state index contributed by atoms with van der Waals surface area (Å²) in [6, 6.07) is 0. The van der Waals surface area contributed by atoms with E-state index in [0.717, 1.165) is 29.0 Å². The van der Waals surface area contributed by atoms with Crippen molar-refractivity contribution >= 4 is 19.4 Å². The van der Waals surface area contributed by atoms with E-state index in [1.165, 1.54) is 173 Å². The van der Waals surface area contributed by atoms with Gasteiger partial charge in [0.05, 0.1) is 40.4 Å². The third kappa shape index (κ3) is 39.2. The highest BCUT2D eigenvalue weighted by atomic mass is 32.2. The Morgan fingerprint density at radius 1 is 0.562 bits per heavy atom. The highest BCUT2D eigenvalue weighted by Crippen LogP contribution is 2.38. The number of hydrogen-bond donors (Lipinski definition) is 0. The van der Waals surface area contributed by atoms with Crippen molar-refractivity contribution in [2.45, 2.75) is 206 Å². The van der Waals surface area contributed by atoms with Gasteiger partial charge >= 0.3 is 0 Å². The fourth-order valence-corrected chi connectivity index (χ4v) is 8.39. The van der Waals surface area contributed by atoms with Crippen LogP contribution in [0, 0.1) is 0 Å². The second kappa shape index (κ2) is 35.8. The van der Waals surface area contributed by atoms with Gasteiger partial charge < -0.3 is 23.2 Å². The second-order valence-corrected chi connectivity index (χ2v) is 18.8. The van der Waals surface area contributed by atoms with Gasteiger partial charge in [-0.1, -0.05) is 181 Å². The van der Waals surface area contributed by atoms with Crippen LogP contribution >= 0.6 is 19.4 Å². The van der Waals surface area contributed by atoms with Gasteiger partial charge in [-0.05, 0) is 18.6 Å². The molecule has 0 aliphatic heterocycles. The van der Waals surface area contributed by atoms with Crippen LogP contribution < -0.4 is 4.89 Å². The molecule has 0 aromatic carbocycles. The fraction of sp³-hybridized carbons (Fsp3) is 1.00. The summed E-state index contributed by atoms with van der Waals surface area (Å²) in [4.78, 5) is 12.6. The molecule has 0 radical (unpaired) electrons. The van der Waals surface area contributed by atoms with Crippen molar-refractivity contribution in [3.63, 3.8) is 0 Å². The molecule has 2 atom stereocenters. The number of rotatable bonds is 40. The fourth-order valence-electron chi connectivity index (χ4n) is 6.30. The van der Waals surface area contributed by atoms with E-state index in [0.29, 0.717) is 13.0 Å². The molecule has 2 unspecified atom stereocenters. The van der Waals surface area contributed by atoms with E-state index < -0.39 is 7.60 Å². The summed E-state index contributed by atoms with van der Waals surface area (Å²) in [6.45, 7) is 6.26. The number of quaternary nitrogens is 1. The third-order valence-corrected chi connectivity index (χ3v) is 12.1. The minimum atomic E-state index is -3.83. The van der Waals surface area contributed by atoms with Crippen LogP contribution in [-0.2, 0) is 13.8 Å². The van der Waals surface area contributed by atoms with Crippen LogP contribution in [0.3, 0.4) is 0 Å². The summed E-state index contributed by atoms with van der Waals surface area (Å²) in [6.07, 6.45) is 38.7. The van der Waals surface area contributed by atoms with E-state index >= 15 is 0 Å². The SMILES string of the molecule is CCCCCCCCCCCCCCCCOC(COP(=O)([O-])CCC[N+](C)(C)C)CSCCCCCCCCCCCCCCCC. The first-order chi connectivity index (χ1) is 23.2. The molecule has 0 aliphatic rings. The number of hydrogen-bond acceptors (Lipinski definition) is 5. The maximum Gasteiger partial charge on any atom is 0.135 e. The van der Waals surface area contributed by atoms with E-state index in [9.17, 15) is 9.46 Å². The molecule has 0 bridgehead atoms. The Morgan fingerprint density at radius 2 is 0.938 bits per heavy atom. The van der Waals surface area contributed by atoms with Gasteiger partial charge in [-0.25, -0.2) is 0 Å². The molecule has 0 saturated carbocycles. The van der Waals surface area contributed by atoms with Crippen LogP contribution in [0.1, 0.15) is 200 Å². The average molecular weight is 720 g/mol. The van der Waals surface area contributed by atoms with Crippen molar-refractivity contribution in [2.24, 2.45) is 0 Å². The average Bonchev–Trinajstić information content (AvgIpc) is 3.04. The van der Waals surface area contributed by atoms with Crippen molar-refractivity contribution in [1.82, 2.24) is 0 Å². The zero-order chi connectivity index (χ0) is 35.4. The van der Waals surface area contributed by atoms with E-state index in [2.05, 4.69) is 35.0 Å². The Labute approximate surface area is 306 Å². The number of ether oxygens (including phenoxy) is 1. The zero-order valence-corrected chi connectivity index (χ0v) is 35.0. The quantitative estimate of drug-likeness (QED) is 0.0358. The van der Waals surface area contributed by atoms with Crippen molar-refractivity contribution in [3.8, 4) is 0 Å². The van der Waals surface area contributed by atoms with Gasteiger partial charge in [0.2, 0.25) is 0 Å². The Hall–Kier alpha value is 0.420. The molecule has 0 fully saturated rings. The van der Waals surface area contributed by atoms with Crippen molar-refractivity contribution in [3.05, 3.63) is 0 Å². The predicted octanol–water partition coefficient (Wildman–Crippen LogP) is 12.7. The summed E-state index contributed by atoms with van der Waals surface area (Å²) in [5, 5.41) is 0. The molecular weight excluding hydrogens is 633 g/mol. The van der Waals surface area contributed by atoms with Gasteiger partial charge in [-0.2, -0.15) is 11.8 Å². The maximum atomic E-state index is 12.6. The summed E-state index contributed by atoms with van der Waals surface area (Å²) in [7, 11) is 2.44. The Bertz CT molecular complexity index is 690. The van der Waals surface area contributed by atoms with Crippen molar-refractivity contribution in [1.29, 1.82) is 0 Å². The number of unbranched alkanes of at least 4 members (excludes halogenated alkanes) is 26. The van der Waals surface area contributed by atoms with Crippen LogP contribution in [0.4, 0.5) is 0 Å². The van der Waals surface area contributed by atoms with E-state index in [1.807, 2.05) is 11.8 Å². The molecule has 0 amide bonds. The molecule has 290 valence electrons. The summed E-state index contributed by atoms with van der Waals surface area (Å²) in [5.41, 5.74) is 0.